The average molecular weight is 402 g/mol. The van der Waals surface area contributed by atoms with Crippen LogP contribution in [0.1, 0.15) is 17.3 Å². The molecule has 0 radical (unpaired) electrons. The Morgan fingerprint density at radius 1 is 1.07 bits per heavy atom. The molecular weight excluding hydrogens is 389 g/mol. The Hall–Kier alpha value is -2.92. The lowest BCUT2D eigenvalue weighted by Crippen LogP contribution is -2.30. The van der Waals surface area contributed by atoms with E-state index >= 15 is 0 Å². The summed E-state index contributed by atoms with van der Waals surface area (Å²) in [7, 11) is -4.20. The lowest BCUT2D eigenvalue weighted by molar-refractivity contribution is -0.123. The molecule has 0 unspecified atom stereocenters. The van der Waals surface area contributed by atoms with Crippen molar-refractivity contribution in [3.63, 3.8) is 0 Å². The molecule has 0 aromatic heterocycles. The number of ether oxygens (including phenoxy) is 1. The predicted octanol–water partition coefficient (Wildman–Crippen LogP) is 1.94. The second-order valence-corrected chi connectivity index (χ2v) is 6.91. The fourth-order valence-electron chi connectivity index (χ4n) is 1.94. The highest BCUT2D eigenvalue weighted by atomic mass is 32.2. The molecule has 1 amide bonds. The highest BCUT2D eigenvalue weighted by Gasteiger charge is 2.23. The van der Waals surface area contributed by atoms with Gasteiger partial charge in [0.05, 0.1) is 16.1 Å². The number of primary sulfonamides is 1. The summed E-state index contributed by atoms with van der Waals surface area (Å²) >= 11 is 0. The number of hydrogen-bond acceptors (Lipinski definition) is 5. The zero-order valence-electron chi connectivity index (χ0n) is 13.7. The molecule has 2 aromatic carbocycles. The van der Waals surface area contributed by atoms with E-state index in [1.54, 1.807) is 0 Å². The topological polar surface area (TPSA) is 116 Å². The Bertz CT molecular complexity index is 1010. The van der Waals surface area contributed by atoms with Crippen molar-refractivity contribution in [3.05, 3.63) is 59.4 Å². The Balaban J connectivity index is 2.15. The van der Waals surface area contributed by atoms with E-state index in [0.29, 0.717) is 12.1 Å². The van der Waals surface area contributed by atoms with Crippen molar-refractivity contribution in [1.82, 2.24) is 0 Å². The van der Waals surface area contributed by atoms with Crippen LogP contribution in [0.2, 0.25) is 0 Å². The highest BCUT2D eigenvalue weighted by Crippen LogP contribution is 2.18. The van der Waals surface area contributed by atoms with Gasteiger partial charge in [-0.1, -0.05) is 0 Å². The number of hydrogen-bond donors (Lipinski definition) is 2. The van der Waals surface area contributed by atoms with Gasteiger partial charge in [-0.2, -0.15) is 0 Å². The van der Waals surface area contributed by atoms with Crippen molar-refractivity contribution >= 4 is 27.6 Å². The number of nitrogens with one attached hydrogen (secondary N) is 1. The summed E-state index contributed by atoms with van der Waals surface area (Å²) < 4.78 is 67.7. The second kappa shape index (κ2) is 7.76. The Kier molecular flexibility index (Phi) is 5.86. The largest absolute Gasteiger partial charge is 0.449 e. The Labute approximate surface area is 152 Å². The zero-order chi connectivity index (χ0) is 20.4. The van der Waals surface area contributed by atoms with Crippen molar-refractivity contribution in [2.75, 3.05) is 5.32 Å². The third-order valence-corrected chi connectivity index (χ3v) is 4.24. The number of rotatable bonds is 5. The first-order valence-electron chi connectivity index (χ1n) is 7.28. The van der Waals surface area contributed by atoms with Crippen molar-refractivity contribution in [2.24, 2.45) is 5.14 Å². The summed E-state index contributed by atoms with van der Waals surface area (Å²) in [6.07, 6.45) is -1.53. The van der Waals surface area contributed by atoms with Crippen LogP contribution in [-0.4, -0.2) is 26.4 Å². The summed E-state index contributed by atoms with van der Waals surface area (Å²) in [5, 5.41) is 6.92. The maximum Gasteiger partial charge on any atom is 0.341 e. The molecule has 2 aromatic rings. The van der Waals surface area contributed by atoms with Gasteiger partial charge in [0.1, 0.15) is 17.5 Å². The number of amides is 1. The van der Waals surface area contributed by atoms with Gasteiger partial charge in [-0.25, -0.2) is 31.5 Å². The number of benzene rings is 2. The van der Waals surface area contributed by atoms with Gasteiger partial charge in [0.25, 0.3) is 5.91 Å². The highest BCUT2D eigenvalue weighted by molar-refractivity contribution is 7.89. The summed E-state index contributed by atoms with van der Waals surface area (Å²) in [5.41, 5.74) is -1.25. The average Bonchev–Trinajstić information content (AvgIpc) is 2.57. The van der Waals surface area contributed by atoms with Crippen LogP contribution in [0.5, 0.6) is 0 Å². The number of nitrogens with two attached hydrogens (primary N) is 1. The van der Waals surface area contributed by atoms with Crippen LogP contribution in [0.4, 0.5) is 18.9 Å². The smallest absolute Gasteiger partial charge is 0.341 e. The monoisotopic (exact) mass is 402 g/mol. The van der Waals surface area contributed by atoms with Gasteiger partial charge in [0, 0.05) is 6.07 Å². The fraction of sp³-hybridized carbons (Fsp3) is 0.125. The molecule has 0 saturated carbocycles. The standard InChI is InChI=1S/C16H13F3N2O5S/c1-8(15(22)21-14-6-9(17)2-4-13(14)19)26-16(23)11-7-10(27(20,24)25)3-5-12(11)18/h2-8H,1H3,(H,21,22)(H2,20,24,25)/t8-/m1/s1. The van der Waals surface area contributed by atoms with Crippen LogP contribution in [0.3, 0.4) is 0 Å². The Morgan fingerprint density at radius 3 is 2.33 bits per heavy atom. The molecule has 3 N–H and O–H groups in total. The summed E-state index contributed by atoms with van der Waals surface area (Å²) in [4.78, 5) is 23.5. The quantitative estimate of drug-likeness (QED) is 0.742. The zero-order valence-corrected chi connectivity index (χ0v) is 14.5. The van der Waals surface area contributed by atoms with Crippen LogP contribution in [0, 0.1) is 17.5 Å². The third kappa shape index (κ3) is 5.05. The van der Waals surface area contributed by atoms with Crippen molar-refractivity contribution in [2.45, 2.75) is 17.9 Å². The van der Waals surface area contributed by atoms with E-state index in [0.717, 1.165) is 31.2 Å². The molecular formula is C16H13F3N2O5S. The predicted molar refractivity (Wildman–Crippen MR) is 87.6 cm³/mol. The van der Waals surface area contributed by atoms with E-state index in [1.807, 2.05) is 5.32 Å². The molecule has 144 valence electrons. The van der Waals surface area contributed by atoms with E-state index in [1.165, 1.54) is 0 Å². The molecule has 7 nitrogen and oxygen atoms in total. The molecule has 0 fully saturated rings. The molecule has 1 atom stereocenters. The minimum atomic E-state index is -4.20. The summed E-state index contributed by atoms with van der Waals surface area (Å²) in [5.74, 6) is -5.19. The van der Waals surface area contributed by atoms with Crippen LogP contribution in [0.25, 0.3) is 0 Å². The first-order chi connectivity index (χ1) is 12.5. The molecule has 0 aliphatic carbocycles. The number of anilines is 1. The van der Waals surface area contributed by atoms with Gasteiger partial charge >= 0.3 is 5.97 Å². The minimum absolute atomic E-state index is 0.481. The maximum atomic E-state index is 13.8. The molecule has 0 aliphatic heterocycles. The molecule has 11 heteroatoms. The number of halogens is 3. The van der Waals surface area contributed by atoms with Crippen molar-refractivity contribution < 1.29 is 35.9 Å². The lowest BCUT2D eigenvalue weighted by Gasteiger charge is -2.14. The van der Waals surface area contributed by atoms with E-state index in [2.05, 4.69) is 0 Å². The third-order valence-electron chi connectivity index (χ3n) is 3.33. The molecule has 2 rings (SSSR count). The Morgan fingerprint density at radius 2 is 1.70 bits per heavy atom. The first kappa shape index (κ1) is 20.4. The van der Waals surface area contributed by atoms with Gasteiger partial charge < -0.3 is 10.1 Å². The van der Waals surface area contributed by atoms with Gasteiger partial charge in [-0.05, 0) is 37.3 Å². The number of carbonyl (C=O) groups excluding carboxylic acids is 2. The number of carbonyl (C=O) groups is 2. The van der Waals surface area contributed by atoms with Crippen LogP contribution >= 0.6 is 0 Å². The summed E-state index contributed by atoms with van der Waals surface area (Å²) in [6.45, 7) is 1.10. The first-order valence-corrected chi connectivity index (χ1v) is 8.83. The SMILES string of the molecule is C[C@@H](OC(=O)c1cc(S(N)(=O)=O)ccc1F)C(=O)Nc1cc(F)ccc1F. The maximum absolute atomic E-state index is 13.8. The van der Waals surface area contributed by atoms with Crippen molar-refractivity contribution in [1.29, 1.82) is 0 Å². The number of esters is 1. The lowest BCUT2D eigenvalue weighted by atomic mass is 10.2. The van der Waals surface area contributed by atoms with E-state index in [9.17, 15) is 31.2 Å². The minimum Gasteiger partial charge on any atom is -0.449 e. The van der Waals surface area contributed by atoms with Crippen molar-refractivity contribution in [3.8, 4) is 0 Å². The molecule has 0 aliphatic rings. The van der Waals surface area contributed by atoms with Gasteiger partial charge in [0.2, 0.25) is 10.0 Å². The molecule has 0 bridgehead atoms. The van der Waals surface area contributed by atoms with Crippen LogP contribution in [-0.2, 0) is 19.6 Å². The second-order valence-electron chi connectivity index (χ2n) is 5.35. The van der Waals surface area contributed by atoms with Crippen LogP contribution in [0.15, 0.2) is 41.3 Å². The fourth-order valence-corrected chi connectivity index (χ4v) is 2.48. The van der Waals surface area contributed by atoms with E-state index < -0.39 is 61.6 Å². The molecule has 0 spiro atoms. The van der Waals surface area contributed by atoms with E-state index in [4.69, 9.17) is 9.88 Å². The number of sulfonamides is 1. The molecule has 0 saturated heterocycles. The summed E-state index contributed by atoms with van der Waals surface area (Å²) in [6, 6.07) is 4.56. The van der Waals surface area contributed by atoms with Gasteiger partial charge in [-0.15, -0.1) is 0 Å². The molecule has 27 heavy (non-hydrogen) atoms. The molecule has 0 heterocycles. The van der Waals surface area contributed by atoms with Gasteiger partial charge in [-0.3, -0.25) is 4.79 Å². The van der Waals surface area contributed by atoms with Crippen LogP contribution < -0.4 is 10.5 Å². The normalized spacial score (nSPS) is 12.3. The van der Waals surface area contributed by atoms with Gasteiger partial charge in [0.15, 0.2) is 6.10 Å². The van der Waals surface area contributed by atoms with E-state index in [-0.39, 0.29) is 0 Å².